The van der Waals surface area contributed by atoms with Gasteiger partial charge >= 0.3 is 0 Å². The topological polar surface area (TPSA) is 196 Å². The first-order valence-corrected chi connectivity index (χ1v) is 24.0. The SMILES string of the molecule is CC#C[C@]1(O)CC[C@H]2[C@@H]3CCC4=CC(=O)CCC4=C3[C@@H](c3ccc(N(C)C)cc3)C[C@@]21C.Cc1cc(=O)c2c(O)c3c(O)cc(O)c4c5c(O)cc(O)c6c(O)c7c(=O)cc(C)c8c1c2c(c34)c(c65)c78. The molecule has 0 spiro atoms. The number of rotatable bonds is 2. The molecule has 0 amide bonds. The molecular weight excluding hydrogens is 883 g/mol. The molecule has 9 aromatic carbocycles. The van der Waals surface area contributed by atoms with Gasteiger partial charge < -0.3 is 40.6 Å². The molecule has 4 aliphatic carbocycles. The number of ketones is 1. The molecule has 4 aliphatic rings. The van der Waals surface area contributed by atoms with Gasteiger partial charge in [-0.2, -0.15) is 0 Å². The quantitative estimate of drug-likeness (QED) is 0.0495. The summed E-state index contributed by atoms with van der Waals surface area (Å²) < 4.78 is 0. The second-order valence-electron chi connectivity index (χ2n) is 20.9. The maximum absolute atomic E-state index is 13.4. The van der Waals surface area contributed by atoms with Crippen LogP contribution < -0.4 is 15.8 Å². The Hall–Kier alpha value is -7.55. The number of aliphatic hydroxyl groups is 1. The third-order valence-electron chi connectivity index (χ3n) is 17.3. The molecule has 5 atom stereocenters. The minimum absolute atomic E-state index is 0.0431. The Bertz CT molecular complexity index is 3890. The summed E-state index contributed by atoms with van der Waals surface area (Å²) in [7, 11) is 4.14. The second kappa shape index (κ2) is 14.5. The van der Waals surface area contributed by atoms with E-state index in [4.69, 9.17) is 0 Å². The van der Waals surface area contributed by atoms with Crippen molar-refractivity contribution in [1.82, 2.24) is 0 Å². The third-order valence-corrected chi connectivity index (χ3v) is 17.3. The second-order valence-corrected chi connectivity index (χ2v) is 20.9. The van der Waals surface area contributed by atoms with Crippen LogP contribution in [-0.4, -0.2) is 61.2 Å². The lowest BCUT2D eigenvalue weighted by molar-refractivity contribution is -0.114. The number of nitrogens with zero attached hydrogens (tertiary/aromatic N) is 1. The fourth-order valence-electron chi connectivity index (χ4n) is 14.4. The molecule has 0 aromatic heterocycles. The number of hydrogen-bond acceptors (Lipinski definition) is 11. The summed E-state index contributed by atoms with van der Waals surface area (Å²) >= 11 is 0. The minimum atomic E-state index is -0.914. The van der Waals surface area contributed by atoms with Crippen molar-refractivity contribution in [2.45, 2.75) is 84.2 Å². The lowest BCUT2D eigenvalue weighted by atomic mass is 9.51. The molecule has 0 aliphatic heterocycles. The number of fused-ring (bicyclic) bond motifs is 6. The monoisotopic (exact) mass is 933 g/mol. The predicted octanol–water partition coefficient (Wildman–Crippen LogP) is 10.5. The summed E-state index contributed by atoms with van der Waals surface area (Å²) in [6.07, 6.45) is 8.23. The van der Waals surface area contributed by atoms with Crippen LogP contribution in [0, 0.1) is 42.9 Å². The number of carbonyl (C=O) groups excluding carboxylic acids is 1. The maximum Gasteiger partial charge on any atom is 0.190 e. The van der Waals surface area contributed by atoms with Crippen molar-refractivity contribution >= 4 is 86.9 Å². The van der Waals surface area contributed by atoms with E-state index in [0.717, 1.165) is 50.7 Å². The zero-order valence-electron chi connectivity index (χ0n) is 39.7. The summed E-state index contributed by atoms with van der Waals surface area (Å²) in [5.74, 6) is 5.00. The molecule has 0 unspecified atom stereocenters. The van der Waals surface area contributed by atoms with Crippen molar-refractivity contribution in [2.24, 2.45) is 17.3 Å². The number of carbonyl (C=O) groups is 1. The molecule has 9 aromatic rings. The van der Waals surface area contributed by atoms with E-state index in [1.807, 2.05) is 13.0 Å². The lowest BCUT2D eigenvalue weighted by Gasteiger charge is -2.53. The van der Waals surface area contributed by atoms with Crippen LogP contribution in [0.1, 0.15) is 81.4 Å². The third kappa shape index (κ3) is 5.42. The van der Waals surface area contributed by atoms with E-state index in [0.29, 0.717) is 61.7 Å². The van der Waals surface area contributed by atoms with Crippen molar-refractivity contribution in [3.05, 3.63) is 108 Å². The van der Waals surface area contributed by atoms with Crippen LogP contribution >= 0.6 is 0 Å². The van der Waals surface area contributed by atoms with Crippen LogP contribution in [0.5, 0.6) is 34.5 Å². The van der Waals surface area contributed by atoms with Crippen LogP contribution in [-0.2, 0) is 4.79 Å². The Morgan fingerprint density at radius 2 is 1.11 bits per heavy atom. The Morgan fingerprint density at radius 1 is 0.614 bits per heavy atom. The molecule has 352 valence electrons. The Kier molecular flexibility index (Phi) is 9.05. The van der Waals surface area contributed by atoms with Crippen molar-refractivity contribution in [1.29, 1.82) is 0 Å². The van der Waals surface area contributed by atoms with Crippen LogP contribution in [0.3, 0.4) is 0 Å². The van der Waals surface area contributed by atoms with Gasteiger partial charge in [0.1, 0.15) is 40.1 Å². The highest BCUT2D eigenvalue weighted by molar-refractivity contribution is 6.52. The number of benzene rings is 9. The minimum Gasteiger partial charge on any atom is -0.507 e. The van der Waals surface area contributed by atoms with E-state index in [9.17, 15) is 50.1 Å². The van der Waals surface area contributed by atoms with E-state index in [-0.39, 0.29) is 60.2 Å². The number of allylic oxidation sites excluding steroid dienone is 4. The number of aryl methyl sites for hydroxylation is 2. The van der Waals surface area contributed by atoms with Crippen molar-refractivity contribution < 1.29 is 40.5 Å². The highest BCUT2D eigenvalue weighted by atomic mass is 16.3. The number of anilines is 1. The molecule has 2 saturated carbocycles. The van der Waals surface area contributed by atoms with Gasteiger partial charge in [0, 0.05) is 92.8 Å². The van der Waals surface area contributed by atoms with E-state index >= 15 is 0 Å². The predicted molar refractivity (Wildman–Crippen MR) is 275 cm³/mol. The molecule has 0 heterocycles. The zero-order chi connectivity index (χ0) is 49.4. The largest absolute Gasteiger partial charge is 0.507 e. The van der Waals surface area contributed by atoms with Crippen molar-refractivity contribution in [3.8, 4) is 46.3 Å². The Balaban J connectivity index is 0.000000147. The van der Waals surface area contributed by atoms with Gasteiger partial charge in [-0.15, -0.1) is 5.92 Å². The first-order valence-electron chi connectivity index (χ1n) is 24.0. The Labute approximate surface area is 401 Å². The van der Waals surface area contributed by atoms with Gasteiger partial charge in [-0.1, -0.05) is 30.6 Å². The van der Waals surface area contributed by atoms with Gasteiger partial charge in [-0.25, -0.2) is 0 Å². The van der Waals surface area contributed by atoms with Crippen LogP contribution in [0.15, 0.2) is 80.9 Å². The number of hydrogen-bond donors (Lipinski definition) is 7. The first-order chi connectivity index (χ1) is 33.3. The summed E-state index contributed by atoms with van der Waals surface area (Å²) in [5, 5.41) is 81.4. The Morgan fingerprint density at radius 3 is 1.63 bits per heavy atom. The number of phenolic OH excluding ortho intramolecular Hbond substituents is 6. The van der Waals surface area contributed by atoms with E-state index in [1.165, 1.54) is 34.5 Å². The standard InChI is InChI=1S/C30H16O8.C29H35NO2/c1-7-3-9(31)19-23-15(7)16-8(2)4-10(32)20-24(16)28-26-18(12(34)6-14(36)22(26)30(20)38)17-11(33)5-13(35)21(29(19)37)25(17)27(23)28;1-5-15-29(32)16-14-26-24-12-8-20-17-22(31)11-13-23(20)27(24)25(18-28(26,29)2)19-6-9-21(10-7-19)30(3)4/h3-6,33-38H,1-2H3;6-7,9-10,17,24-26,32H,8,11-14,16,18H2,1-4H3/t;24-,25+,26-,28-,29-/m.0/s1. The first kappa shape index (κ1) is 43.7. The van der Waals surface area contributed by atoms with Crippen LogP contribution in [0.2, 0.25) is 0 Å². The van der Waals surface area contributed by atoms with Crippen LogP contribution in [0.25, 0.3) is 75.4 Å². The average Bonchev–Trinajstić information content (AvgIpc) is 3.56. The van der Waals surface area contributed by atoms with E-state index < -0.39 is 51.0 Å². The zero-order valence-corrected chi connectivity index (χ0v) is 39.7. The van der Waals surface area contributed by atoms with Gasteiger partial charge in [-0.05, 0) is 140 Å². The lowest BCUT2D eigenvalue weighted by Crippen LogP contribution is -2.51. The summed E-state index contributed by atoms with van der Waals surface area (Å²) in [6.45, 7) is 7.62. The van der Waals surface area contributed by atoms with Gasteiger partial charge in [0.05, 0.1) is 21.5 Å². The molecular formula is C59H51NO10. The molecule has 13 rings (SSSR count). The highest BCUT2D eigenvalue weighted by Gasteiger charge is 2.62. The molecule has 11 nitrogen and oxygen atoms in total. The number of phenols is 6. The van der Waals surface area contributed by atoms with Crippen molar-refractivity contribution in [2.75, 3.05) is 19.0 Å². The van der Waals surface area contributed by atoms with Crippen molar-refractivity contribution in [3.63, 3.8) is 0 Å². The van der Waals surface area contributed by atoms with E-state index in [1.54, 1.807) is 19.4 Å². The molecule has 2 fully saturated rings. The van der Waals surface area contributed by atoms with Gasteiger partial charge in [0.25, 0.3) is 0 Å². The maximum atomic E-state index is 13.4. The molecule has 70 heavy (non-hydrogen) atoms. The van der Waals surface area contributed by atoms with Gasteiger partial charge in [0.2, 0.25) is 0 Å². The molecule has 7 N–H and O–H groups in total. The smallest absolute Gasteiger partial charge is 0.190 e. The van der Waals surface area contributed by atoms with Gasteiger partial charge in [-0.3, -0.25) is 14.4 Å². The molecule has 0 radical (unpaired) electrons. The van der Waals surface area contributed by atoms with Crippen LogP contribution in [0.4, 0.5) is 5.69 Å². The summed E-state index contributed by atoms with van der Waals surface area (Å²) in [4.78, 5) is 41.0. The summed E-state index contributed by atoms with van der Waals surface area (Å²) in [5.41, 5.74) is 5.89. The molecule has 11 heteroatoms. The fraction of sp³-hybridized carbons (Fsp3) is 0.305. The van der Waals surface area contributed by atoms with E-state index in [2.05, 4.69) is 62.0 Å². The fourth-order valence-corrected chi connectivity index (χ4v) is 14.4. The normalized spacial score (nSPS) is 23.3. The highest BCUT2D eigenvalue weighted by Crippen LogP contribution is 2.67. The van der Waals surface area contributed by atoms with Gasteiger partial charge in [0.15, 0.2) is 16.6 Å². The molecule has 0 saturated heterocycles. The average molecular weight is 934 g/mol. The number of aromatic hydroxyl groups is 6. The molecule has 0 bridgehead atoms. The summed E-state index contributed by atoms with van der Waals surface area (Å²) in [6, 6.07) is 13.7.